The highest BCUT2D eigenvalue weighted by molar-refractivity contribution is 6.33. The molecule has 0 amide bonds. The molecule has 110 valence electrons. The Bertz CT molecular complexity index is 666. The molecule has 0 N–H and O–H groups in total. The van der Waals surface area contributed by atoms with Crippen LogP contribution in [0.1, 0.15) is 29.4 Å². The Morgan fingerprint density at radius 3 is 2.71 bits per heavy atom. The van der Waals surface area contributed by atoms with E-state index in [2.05, 4.69) is 12.0 Å². The standard InChI is InChI=1S/C16H17ClN2O2/c1-10-8-12(10)9-21-16(20)14-11(2)18-19(15(14)17)13-6-4-3-5-7-13/h3-7,10,12H,8-9H2,1-2H3. The first-order valence-electron chi connectivity index (χ1n) is 7.05. The second-order valence-electron chi connectivity index (χ2n) is 5.57. The third-order valence-corrected chi connectivity index (χ3v) is 4.26. The van der Waals surface area contributed by atoms with E-state index in [1.807, 2.05) is 30.3 Å². The van der Waals surface area contributed by atoms with Gasteiger partial charge in [0, 0.05) is 0 Å². The van der Waals surface area contributed by atoms with E-state index in [1.165, 1.54) is 0 Å². The second-order valence-corrected chi connectivity index (χ2v) is 5.93. The van der Waals surface area contributed by atoms with Gasteiger partial charge >= 0.3 is 5.97 Å². The summed E-state index contributed by atoms with van der Waals surface area (Å²) in [7, 11) is 0. The van der Waals surface area contributed by atoms with Crippen LogP contribution in [-0.2, 0) is 4.74 Å². The Morgan fingerprint density at radius 2 is 2.10 bits per heavy atom. The maximum Gasteiger partial charge on any atom is 0.343 e. The maximum absolute atomic E-state index is 12.2. The molecule has 1 aromatic heterocycles. The van der Waals surface area contributed by atoms with Crippen molar-refractivity contribution in [2.75, 3.05) is 6.61 Å². The molecular formula is C16H17ClN2O2. The Kier molecular flexibility index (Phi) is 3.72. The van der Waals surface area contributed by atoms with Crippen LogP contribution in [0.2, 0.25) is 5.15 Å². The summed E-state index contributed by atoms with van der Waals surface area (Å²) in [6.07, 6.45) is 1.13. The topological polar surface area (TPSA) is 44.1 Å². The summed E-state index contributed by atoms with van der Waals surface area (Å²) in [5.74, 6) is 0.761. The van der Waals surface area contributed by atoms with Crippen LogP contribution in [0, 0.1) is 18.8 Å². The average molecular weight is 305 g/mol. The molecule has 21 heavy (non-hydrogen) atoms. The van der Waals surface area contributed by atoms with Crippen LogP contribution in [0.5, 0.6) is 0 Å². The third kappa shape index (κ3) is 2.81. The lowest BCUT2D eigenvalue weighted by molar-refractivity contribution is 0.0480. The van der Waals surface area contributed by atoms with Gasteiger partial charge in [-0.15, -0.1) is 0 Å². The lowest BCUT2D eigenvalue weighted by Gasteiger charge is -2.04. The van der Waals surface area contributed by atoms with Gasteiger partial charge in [-0.2, -0.15) is 5.10 Å². The maximum atomic E-state index is 12.2. The number of carbonyl (C=O) groups is 1. The molecule has 1 aliphatic rings. The summed E-state index contributed by atoms with van der Waals surface area (Å²) in [5, 5.41) is 4.64. The summed E-state index contributed by atoms with van der Waals surface area (Å²) in [6.45, 7) is 4.39. The number of benzene rings is 1. The smallest absolute Gasteiger partial charge is 0.343 e. The SMILES string of the molecule is Cc1nn(-c2ccccc2)c(Cl)c1C(=O)OCC1CC1C. The molecule has 0 aliphatic heterocycles. The quantitative estimate of drug-likeness (QED) is 0.810. The van der Waals surface area contributed by atoms with Gasteiger partial charge in [0.1, 0.15) is 10.7 Å². The van der Waals surface area contributed by atoms with E-state index in [0.717, 1.165) is 12.1 Å². The van der Waals surface area contributed by atoms with Crippen LogP contribution in [0.4, 0.5) is 0 Å². The first-order chi connectivity index (χ1) is 10.1. The zero-order chi connectivity index (χ0) is 15.0. The van der Waals surface area contributed by atoms with Gasteiger partial charge in [-0.25, -0.2) is 9.48 Å². The normalized spacial score (nSPS) is 20.3. The molecular weight excluding hydrogens is 288 g/mol. The highest BCUT2D eigenvalue weighted by Crippen LogP contribution is 2.38. The number of esters is 1. The van der Waals surface area contributed by atoms with Crippen LogP contribution >= 0.6 is 11.6 Å². The predicted molar refractivity (Wildman–Crippen MR) is 80.9 cm³/mol. The van der Waals surface area contributed by atoms with Gasteiger partial charge < -0.3 is 4.74 Å². The van der Waals surface area contributed by atoms with E-state index in [0.29, 0.717) is 34.9 Å². The Labute approximate surface area is 128 Å². The molecule has 1 aliphatic carbocycles. The minimum absolute atomic E-state index is 0.299. The van der Waals surface area contributed by atoms with E-state index in [9.17, 15) is 4.79 Å². The Balaban J connectivity index is 1.82. The van der Waals surface area contributed by atoms with Gasteiger partial charge in [-0.05, 0) is 37.3 Å². The number of rotatable bonds is 4. The summed E-state index contributed by atoms with van der Waals surface area (Å²) in [6, 6.07) is 9.49. The van der Waals surface area contributed by atoms with Crippen molar-refractivity contribution in [2.45, 2.75) is 20.3 Å². The van der Waals surface area contributed by atoms with E-state index in [-0.39, 0.29) is 0 Å². The number of nitrogens with zero attached hydrogens (tertiary/aromatic N) is 2. The number of aromatic nitrogens is 2. The lowest BCUT2D eigenvalue weighted by Crippen LogP contribution is -2.09. The highest BCUT2D eigenvalue weighted by atomic mass is 35.5. The first-order valence-corrected chi connectivity index (χ1v) is 7.43. The van der Waals surface area contributed by atoms with Crippen molar-refractivity contribution in [1.29, 1.82) is 0 Å². The molecule has 0 bridgehead atoms. The molecule has 2 aromatic rings. The van der Waals surface area contributed by atoms with Crippen LogP contribution in [0.3, 0.4) is 0 Å². The fourth-order valence-corrected chi connectivity index (χ4v) is 2.71. The molecule has 1 heterocycles. The number of carbonyl (C=O) groups excluding carboxylic acids is 1. The van der Waals surface area contributed by atoms with E-state index in [1.54, 1.807) is 11.6 Å². The molecule has 2 unspecified atom stereocenters. The minimum Gasteiger partial charge on any atom is -0.462 e. The lowest BCUT2D eigenvalue weighted by atomic mass is 10.2. The highest BCUT2D eigenvalue weighted by Gasteiger charge is 2.34. The molecule has 4 nitrogen and oxygen atoms in total. The number of para-hydroxylation sites is 1. The second kappa shape index (κ2) is 5.53. The van der Waals surface area contributed by atoms with Crippen molar-refractivity contribution < 1.29 is 9.53 Å². The number of ether oxygens (including phenoxy) is 1. The van der Waals surface area contributed by atoms with Crippen molar-refractivity contribution in [2.24, 2.45) is 11.8 Å². The van der Waals surface area contributed by atoms with Crippen LogP contribution in [0.15, 0.2) is 30.3 Å². The number of hydrogen-bond donors (Lipinski definition) is 0. The fourth-order valence-electron chi connectivity index (χ4n) is 2.36. The van der Waals surface area contributed by atoms with Gasteiger partial charge in [0.2, 0.25) is 0 Å². The van der Waals surface area contributed by atoms with E-state index in [4.69, 9.17) is 16.3 Å². The predicted octanol–water partition coefficient (Wildman–Crippen LogP) is 3.65. The van der Waals surface area contributed by atoms with Gasteiger partial charge in [-0.3, -0.25) is 0 Å². The molecule has 0 spiro atoms. The van der Waals surface area contributed by atoms with Gasteiger partial charge in [0.25, 0.3) is 0 Å². The van der Waals surface area contributed by atoms with Gasteiger partial charge in [0.15, 0.2) is 0 Å². The van der Waals surface area contributed by atoms with Crippen molar-refractivity contribution in [3.8, 4) is 5.69 Å². The van der Waals surface area contributed by atoms with E-state index < -0.39 is 5.97 Å². The Morgan fingerprint density at radius 1 is 1.43 bits per heavy atom. The average Bonchev–Trinajstić information content (AvgIpc) is 3.10. The molecule has 1 aromatic carbocycles. The monoisotopic (exact) mass is 304 g/mol. The molecule has 3 rings (SSSR count). The van der Waals surface area contributed by atoms with Crippen LogP contribution in [0.25, 0.3) is 5.69 Å². The first kappa shape index (κ1) is 14.1. The van der Waals surface area contributed by atoms with Gasteiger partial charge in [0.05, 0.1) is 18.0 Å². The molecule has 1 saturated carbocycles. The molecule has 0 radical (unpaired) electrons. The number of hydrogen-bond acceptors (Lipinski definition) is 3. The van der Waals surface area contributed by atoms with Gasteiger partial charge in [-0.1, -0.05) is 36.7 Å². The molecule has 5 heteroatoms. The largest absolute Gasteiger partial charge is 0.462 e. The minimum atomic E-state index is -0.390. The fraction of sp³-hybridized carbons (Fsp3) is 0.375. The third-order valence-electron chi connectivity index (χ3n) is 3.91. The van der Waals surface area contributed by atoms with Crippen molar-refractivity contribution in [3.05, 3.63) is 46.7 Å². The van der Waals surface area contributed by atoms with Crippen LogP contribution in [-0.4, -0.2) is 22.4 Å². The molecule has 2 atom stereocenters. The summed E-state index contributed by atoms with van der Waals surface area (Å²) in [5.41, 5.74) is 1.76. The van der Waals surface area contributed by atoms with E-state index >= 15 is 0 Å². The summed E-state index contributed by atoms with van der Waals surface area (Å²) < 4.78 is 6.92. The molecule has 0 saturated heterocycles. The van der Waals surface area contributed by atoms with Crippen LogP contribution < -0.4 is 0 Å². The van der Waals surface area contributed by atoms with Crippen molar-refractivity contribution in [3.63, 3.8) is 0 Å². The number of halogens is 1. The van der Waals surface area contributed by atoms with Crippen molar-refractivity contribution in [1.82, 2.24) is 9.78 Å². The van der Waals surface area contributed by atoms with Crippen molar-refractivity contribution >= 4 is 17.6 Å². The zero-order valence-electron chi connectivity index (χ0n) is 12.0. The zero-order valence-corrected chi connectivity index (χ0v) is 12.8. The summed E-state index contributed by atoms with van der Waals surface area (Å²) in [4.78, 5) is 12.2. The summed E-state index contributed by atoms with van der Waals surface area (Å²) >= 11 is 6.32. The Hall–Kier alpha value is -1.81. The molecule has 1 fully saturated rings. The number of aryl methyl sites for hydroxylation is 1.